The van der Waals surface area contributed by atoms with Crippen molar-refractivity contribution in [3.8, 4) is 0 Å². The maximum atomic E-state index is 4.12. The molecule has 0 fully saturated rings. The summed E-state index contributed by atoms with van der Waals surface area (Å²) < 4.78 is 0. The number of aryl methyl sites for hydroxylation is 1. The maximum Gasteiger partial charge on any atom is 0.0358 e. The van der Waals surface area contributed by atoms with Crippen molar-refractivity contribution in [2.75, 3.05) is 7.05 Å². The molecule has 1 aromatic heterocycles. The van der Waals surface area contributed by atoms with Crippen molar-refractivity contribution in [2.24, 2.45) is 4.99 Å². The molecule has 0 saturated carbocycles. The molecule has 0 atom stereocenters. The van der Waals surface area contributed by atoms with Gasteiger partial charge in [-0.3, -0.25) is 9.98 Å². The molecule has 0 aliphatic heterocycles. The van der Waals surface area contributed by atoms with Crippen LogP contribution in [0.1, 0.15) is 51.3 Å². The lowest BCUT2D eigenvalue weighted by Crippen LogP contribution is -1.96. The molecule has 2 nitrogen and oxygen atoms in total. The van der Waals surface area contributed by atoms with E-state index in [2.05, 4.69) is 23.8 Å². The first-order chi connectivity index (χ1) is 7.79. The third-order valence-corrected chi connectivity index (χ3v) is 1.93. The first-order valence-electron chi connectivity index (χ1n) is 6.15. The van der Waals surface area contributed by atoms with E-state index >= 15 is 0 Å². The molecule has 0 aromatic carbocycles. The van der Waals surface area contributed by atoms with E-state index < -0.39 is 0 Å². The average molecular weight is 222 g/mol. The van der Waals surface area contributed by atoms with E-state index in [0.717, 1.165) is 12.0 Å². The van der Waals surface area contributed by atoms with Gasteiger partial charge >= 0.3 is 0 Å². The number of nitrogens with zero attached hydrogens (tertiary/aromatic N) is 2. The van der Waals surface area contributed by atoms with E-state index in [1.807, 2.05) is 46.3 Å². The fourth-order valence-corrected chi connectivity index (χ4v) is 1.35. The molecule has 0 aliphatic rings. The highest BCUT2D eigenvalue weighted by Crippen LogP contribution is 2.10. The fourth-order valence-electron chi connectivity index (χ4n) is 1.35. The Morgan fingerprint density at radius 3 is 2.19 bits per heavy atom. The van der Waals surface area contributed by atoms with Gasteiger partial charge in [0.15, 0.2) is 0 Å². The van der Waals surface area contributed by atoms with Crippen LogP contribution in [0.4, 0.5) is 0 Å². The van der Waals surface area contributed by atoms with Gasteiger partial charge < -0.3 is 0 Å². The number of aliphatic imine (C=N–C) groups is 1. The lowest BCUT2D eigenvalue weighted by molar-refractivity contribution is 1.07. The summed E-state index contributed by atoms with van der Waals surface area (Å²) in [5, 5.41) is 0. The molecule has 0 aliphatic carbocycles. The van der Waals surface area contributed by atoms with Gasteiger partial charge in [-0.25, -0.2) is 0 Å². The van der Waals surface area contributed by atoms with Crippen LogP contribution >= 0.6 is 0 Å². The van der Waals surface area contributed by atoms with Gasteiger partial charge in [0.25, 0.3) is 0 Å². The Morgan fingerprint density at radius 1 is 1.19 bits per heavy atom. The van der Waals surface area contributed by atoms with Gasteiger partial charge in [0.2, 0.25) is 0 Å². The van der Waals surface area contributed by atoms with Crippen LogP contribution in [-0.4, -0.2) is 18.2 Å². The molecule has 0 saturated heterocycles. The Labute approximate surface area is 101 Å². The fraction of sp³-hybridized carbons (Fsp3) is 0.571. The van der Waals surface area contributed by atoms with Crippen LogP contribution in [0.15, 0.2) is 17.4 Å². The highest BCUT2D eigenvalue weighted by atomic mass is 14.7. The summed E-state index contributed by atoms with van der Waals surface area (Å²) in [5.74, 6) is 0. The molecule has 16 heavy (non-hydrogen) atoms. The van der Waals surface area contributed by atoms with Crippen LogP contribution in [0.25, 0.3) is 0 Å². The van der Waals surface area contributed by atoms with Crippen molar-refractivity contribution < 1.29 is 0 Å². The second kappa shape index (κ2) is 11.9. The van der Waals surface area contributed by atoms with E-state index in [-0.39, 0.29) is 0 Å². The highest BCUT2D eigenvalue weighted by Gasteiger charge is 2.00. The largest absolute Gasteiger partial charge is 0.296 e. The molecule has 1 rings (SSSR count). The van der Waals surface area contributed by atoms with Crippen LogP contribution in [-0.2, 0) is 6.42 Å². The smallest absolute Gasteiger partial charge is 0.0358 e. The minimum Gasteiger partial charge on any atom is -0.296 e. The summed E-state index contributed by atoms with van der Waals surface area (Å²) >= 11 is 0. The second-order valence-corrected chi connectivity index (χ2v) is 2.77. The number of pyridine rings is 1. The summed E-state index contributed by atoms with van der Waals surface area (Å²) in [4.78, 5) is 8.11. The van der Waals surface area contributed by atoms with E-state index in [9.17, 15) is 0 Å². The summed E-state index contributed by atoms with van der Waals surface area (Å²) in [6.45, 7) is 12.2. The number of rotatable bonds is 2. The summed E-state index contributed by atoms with van der Waals surface area (Å²) in [7, 11) is 1.78. The Bertz CT molecular complexity index is 291. The molecule has 0 unspecified atom stereocenters. The molecule has 0 N–H and O–H groups in total. The lowest BCUT2D eigenvalue weighted by Gasteiger charge is -2.04. The minimum absolute atomic E-state index is 1.04. The monoisotopic (exact) mass is 222 g/mol. The van der Waals surface area contributed by atoms with Gasteiger partial charge in [-0.2, -0.15) is 0 Å². The third-order valence-electron chi connectivity index (χ3n) is 1.93. The van der Waals surface area contributed by atoms with Crippen molar-refractivity contribution in [3.63, 3.8) is 0 Å². The predicted octanol–water partition coefficient (Wildman–Crippen LogP) is 4.05. The van der Waals surface area contributed by atoms with E-state index in [4.69, 9.17) is 0 Å². The minimum atomic E-state index is 1.04. The molecule has 1 heterocycles. The summed E-state index contributed by atoms with van der Waals surface area (Å²) in [6, 6.07) is 0. The van der Waals surface area contributed by atoms with E-state index in [1.165, 1.54) is 11.1 Å². The summed E-state index contributed by atoms with van der Waals surface area (Å²) in [6.07, 6.45) is 6.65. The normalized spacial score (nSPS) is 8.94. The van der Waals surface area contributed by atoms with E-state index in [0.29, 0.717) is 0 Å². The van der Waals surface area contributed by atoms with Crippen molar-refractivity contribution in [2.45, 2.75) is 48.0 Å². The van der Waals surface area contributed by atoms with Crippen LogP contribution in [0.5, 0.6) is 0 Å². The van der Waals surface area contributed by atoms with Gasteiger partial charge in [-0.15, -0.1) is 0 Å². The predicted molar refractivity (Wildman–Crippen MR) is 74.6 cm³/mol. The van der Waals surface area contributed by atoms with Gasteiger partial charge in [-0.05, 0) is 24.5 Å². The second-order valence-electron chi connectivity index (χ2n) is 2.77. The maximum absolute atomic E-state index is 4.12. The van der Waals surface area contributed by atoms with Crippen molar-refractivity contribution in [1.82, 2.24) is 4.98 Å². The van der Waals surface area contributed by atoms with Crippen molar-refractivity contribution >= 4 is 6.21 Å². The van der Waals surface area contributed by atoms with Gasteiger partial charge in [-0.1, -0.05) is 34.6 Å². The van der Waals surface area contributed by atoms with Crippen molar-refractivity contribution in [3.05, 3.63) is 29.1 Å². The third kappa shape index (κ3) is 5.64. The lowest BCUT2D eigenvalue weighted by atomic mass is 10.0. The number of hydrogen-bond acceptors (Lipinski definition) is 2. The molecule has 0 amide bonds. The first kappa shape index (κ1) is 17.2. The standard InChI is InChI=1S/C10H14N2.2C2H6/c1-4-10-8(2)5-12-7-9(10)6-11-3;2*1-2/h5-7H,4H2,1-3H3;2*1-2H3. The Kier molecular flexibility index (Phi) is 12.8. The van der Waals surface area contributed by atoms with Crippen LogP contribution < -0.4 is 0 Å². The Balaban J connectivity index is 0. The average Bonchev–Trinajstić information content (AvgIpc) is 2.35. The molecule has 1 aromatic rings. The zero-order valence-corrected chi connectivity index (χ0v) is 11.8. The SMILES string of the molecule is CC.CC.CCc1c(C)cncc1C=NC. The molecule has 2 heteroatoms. The Hall–Kier alpha value is -1.18. The number of hydrogen-bond donors (Lipinski definition) is 0. The number of aromatic nitrogens is 1. The van der Waals surface area contributed by atoms with Gasteiger partial charge in [0.1, 0.15) is 0 Å². The van der Waals surface area contributed by atoms with E-state index in [1.54, 1.807) is 7.05 Å². The molecular formula is C14H26N2. The first-order valence-corrected chi connectivity index (χ1v) is 6.15. The van der Waals surface area contributed by atoms with Crippen LogP contribution in [0, 0.1) is 6.92 Å². The van der Waals surface area contributed by atoms with Gasteiger partial charge in [0, 0.05) is 31.2 Å². The van der Waals surface area contributed by atoms with Crippen LogP contribution in [0.3, 0.4) is 0 Å². The molecule has 0 spiro atoms. The molecule has 92 valence electrons. The molecular weight excluding hydrogens is 196 g/mol. The topological polar surface area (TPSA) is 25.2 Å². The van der Waals surface area contributed by atoms with Crippen LogP contribution in [0.2, 0.25) is 0 Å². The quantitative estimate of drug-likeness (QED) is 0.693. The zero-order chi connectivity index (χ0) is 13.0. The van der Waals surface area contributed by atoms with Crippen molar-refractivity contribution in [1.29, 1.82) is 0 Å². The molecule has 0 bridgehead atoms. The van der Waals surface area contributed by atoms with Gasteiger partial charge in [0.05, 0.1) is 0 Å². The highest BCUT2D eigenvalue weighted by molar-refractivity contribution is 5.81. The summed E-state index contributed by atoms with van der Waals surface area (Å²) in [5.41, 5.74) is 3.73. The Morgan fingerprint density at radius 2 is 1.75 bits per heavy atom. The zero-order valence-electron chi connectivity index (χ0n) is 11.8. The molecule has 0 radical (unpaired) electrons.